The average molecular weight is 361 g/mol. The minimum atomic E-state index is -4.64. The predicted molar refractivity (Wildman–Crippen MR) is 82.6 cm³/mol. The number of pyridine rings is 1. The quantitative estimate of drug-likeness (QED) is 0.820. The van der Waals surface area contributed by atoms with Crippen LogP contribution in [0.4, 0.5) is 13.2 Å². The molecule has 2 aromatic heterocycles. The van der Waals surface area contributed by atoms with Gasteiger partial charge in [-0.15, -0.1) is 0 Å². The van der Waals surface area contributed by atoms with Crippen LogP contribution in [0.5, 0.6) is 0 Å². The van der Waals surface area contributed by atoms with Crippen molar-refractivity contribution in [2.24, 2.45) is 0 Å². The van der Waals surface area contributed by atoms with E-state index in [2.05, 4.69) is 9.36 Å². The van der Waals surface area contributed by atoms with Gasteiger partial charge in [-0.1, -0.05) is 23.7 Å². The Bertz CT molecular complexity index is 713. The van der Waals surface area contributed by atoms with Crippen molar-refractivity contribution in [1.29, 1.82) is 5.26 Å². The van der Waals surface area contributed by atoms with Gasteiger partial charge in [0.15, 0.2) is 0 Å². The summed E-state index contributed by atoms with van der Waals surface area (Å²) in [6.07, 6.45) is -1.80. The van der Waals surface area contributed by atoms with Crippen molar-refractivity contribution in [1.82, 2.24) is 9.36 Å². The highest BCUT2D eigenvalue weighted by Crippen LogP contribution is 2.61. The largest absolute Gasteiger partial charge is 0.433 e. The number of aromatic nitrogens is 2. The number of alkyl halides is 3. The molecular formula is C14H14F3N3OS2. The molecule has 4 nitrogen and oxygen atoms in total. The van der Waals surface area contributed by atoms with Gasteiger partial charge in [-0.2, -0.15) is 18.4 Å². The second kappa shape index (κ2) is 6.86. The van der Waals surface area contributed by atoms with Crippen LogP contribution in [0, 0.1) is 11.3 Å². The Morgan fingerprint density at radius 2 is 2.09 bits per heavy atom. The molecule has 0 amide bonds. The number of hydrogen-bond donors (Lipinski definition) is 1. The number of nitrogens with zero attached hydrogens (tertiary/aromatic N) is 3. The number of rotatable bonds is 5. The minimum absolute atomic E-state index is 0.0417. The number of hydrogen-bond acceptors (Lipinski definition) is 5. The normalized spacial score (nSPS) is 15.7. The smallest absolute Gasteiger partial charge is 0.341 e. The zero-order valence-corrected chi connectivity index (χ0v) is 13.8. The first-order valence-electron chi connectivity index (χ1n) is 6.75. The molecule has 1 atom stereocenters. The molecule has 1 N–H and O–H groups in total. The highest BCUT2D eigenvalue weighted by atomic mass is 32.3. The van der Waals surface area contributed by atoms with Crippen LogP contribution in [0.15, 0.2) is 33.6 Å². The van der Waals surface area contributed by atoms with E-state index >= 15 is 0 Å². The summed E-state index contributed by atoms with van der Waals surface area (Å²) in [6, 6.07) is 5.23. The number of unbranched alkanes of at least 4 members (excludes halogenated alkanes) is 1. The molecule has 0 aromatic carbocycles. The summed E-state index contributed by atoms with van der Waals surface area (Å²) in [7, 11) is -2.82. The van der Waals surface area contributed by atoms with Crippen LogP contribution in [-0.2, 0) is 6.18 Å². The van der Waals surface area contributed by atoms with Crippen molar-refractivity contribution in [2.75, 3.05) is 5.75 Å². The zero-order chi connectivity index (χ0) is 17.1. The Morgan fingerprint density at radius 3 is 2.61 bits per heavy atom. The van der Waals surface area contributed by atoms with E-state index in [1.165, 1.54) is 6.20 Å². The maximum atomic E-state index is 13.0. The Kier molecular flexibility index (Phi) is 5.29. The van der Waals surface area contributed by atoms with Crippen molar-refractivity contribution in [2.45, 2.75) is 35.2 Å². The van der Waals surface area contributed by atoms with Crippen LogP contribution in [0.25, 0.3) is 0 Å². The first-order chi connectivity index (χ1) is 10.8. The van der Waals surface area contributed by atoms with Gasteiger partial charge in [0.05, 0.1) is 9.77 Å². The summed E-state index contributed by atoms with van der Waals surface area (Å²) in [5.74, 6) is 0.245. The third-order valence-electron chi connectivity index (χ3n) is 3.13. The molecular weight excluding hydrogens is 347 g/mol. The van der Waals surface area contributed by atoms with Crippen LogP contribution >= 0.6 is 21.8 Å². The van der Waals surface area contributed by atoms with E-state index in [1.54, 1.807) is 6.07 Å². The molecule has 0 radical (unpaired) electrons. The lowest BCUT2D eigenvalue weighted by molar-refractivity contribution is -0.141. The lowest BCUT2D eigenvalue weighted by atomic mass is 10.2. The maximum Gasteiger partial charge on any atom is 0.433 e. The van der Waals surface area contributed by atoms with Crippen LogP contribution < -0.4 is 0 Å². The van der Waals surface area contributed by atoms with Crippen molar-refractivity contribution in [3.63, 3.8) is 0 Å². The highest BCUT2D eigenvalue weighted by molar-refractivity contribution is 8.30. The minimum Gasteiger partial charge on any atom is -0.341 e. The van der Waals surface area contributed by atoms with E-state index in [0.29, 0.717) is 10.6 Å². The zero-order valence-electron chi connectivity index (χ0n) is 12.2. The summed E-state index contributed by atoms with van der Waals surface area (Å²) < 4.78 is 54.4. The van der Waals surface area contributed by atoms with Crippen LogP contribution in [0.2, 0.25) is 0 Å². The molecule has 1 unspecified atom stereocenters. The molecule has 0 spiro atoms. The lowest BCUT2D eigenvalue weighted by Crippen LogP contribution is -2.14. The lowest BCUT2D eigenvalue weighted by Gasteiger charge is -2.32. The topological polar surface area (TPSA) is 69.8 Å². The molecule has 0 aliphatic heterocycles. The van der Waals surface area contributed by atoms with Gasteiger partial charge in [0.1, 0.15) is 16.8 Å². The van der Waals surface area contributed by atoms with Crippen LogP contribution in [-0.4, -0.2) is 19.7 Å². The van der Waals surface area contributed by atoms with Crippen molar-refractivity contribution in [3.8, 4) is 6.07 Å². The Morgan fingerprint density at radius 1 is 1.35 bits per heavy atom. The summed E-state index contributed by atoms with van der Waals surface area (Å²) in [5, 5.41) is 9.03. The van der Waals surface area contributed by atoms with Gasteiger partial charge in [-0.25, -0.2) is 9.36 Å². The molecule has 23 heavy (non-hydrogen) atoms. The van der Waals surface area contributed by atoms with Crippen LogP contribution in [0.1, 0.15) is 31.0 Å². The first-order valence-corrected chi connectivity index (χ1v) is 9.28. The number of halogens is 3. The van der Waals surface area contributed by atoms with Gasteiger partial charge < -0.3 is 4.55 Å². The molecule has 0 bridgehead atoms. The van der Waals surface area contributed by atoms with Gasteiger partial charge >= 0.3 is 6.18 Å². The standard InChI is InChI=1S/C14H14F3N3OS2/c1-2-3-8-23(21,12-6-7-19-22-12)13-10(9-18)4-5-11(20-13)14(15,16)17/h4-7,21H,2-3,8H2,1H3. The molecule has 2 aromatic rings. The molecule has 2 heterocycles. The van der Waals surface area contributed by atoms with Crippen molar-refractivity contribution >= 4 is 21.8 Å². The third-order valence-corrected chi connectivity index (χ3v) is 7.36. The van der Waals surface area contributed by atoms with Crippen LogP contribution in [0.3, 0.4) is 0 Å². The highest BCUT2D eigenvalue weighted by Gasteiger charge is 2.37. The third kappa shape index (κ3) is 3.65. The van der Waals surface area contributed by atoms with Gasteiger partial charge in [0, 0.05) is 11.9 Å². The molecule has 0 saturated carbocycles. The van der Waals surface area contributed by atoms with Gasteiger partial charge in [0.2, 0.25) is 0 Å². The summed E-state index contributed by atoms with van der Waals surface area (Å²) in [5.41, 5.74) is -1.15. The van der Waals surface area contributed by atoms with Crippen molar-refractivity contribution in [3.05, 3.63) is 35.7 Å². The second-order valence-electron chi connectivity index (χ2n) is 4.75. The molecule has 0 aliphatic rings. The monoisotopic (exact) mass is 361 g/mol. The molecule has 9 heteroatoms. The van der Waals surface area contributed by atoms with E-state index in [0.717, 1.165) is 30.1 Å². The SMILES string of the molecule is CCCCS(O)(c1ccns1)c1nc(C(F)(F)F)ccc1C#N. The van der Waals surface area contributed by atoms with Gasteiger partial charge in [-0.05, 0) is 36.2 Å². The molecule has 2 rings (SSSR count). The van der Waals surface area contributed by atoms with Gasteiger partial charge in [-0.3, -0.25) is 0 Å². The van der Waals surface area contributed by atoms with E-state index in [4.69, 9.17) is 0 Å². The maximum absolute atomic E-state index is 13.0. The van der Waals surface area contributed by atoms with Crippen molar-refractivity contribution < 1.29 is 17.7 Å². The predicted octanol–water partition coefficient (Wildman–Crippen LogP) is 4.92. The summed E-state index contributed by atoms with van der Waals surface area (Å²) in [6.45, 7) is 1.91. The molecule has 0 aliphatic carbocycles. The fourth-order valence-electron chi connectivity index (χ4n) is 1.96. The Balaban J connectivity index is 2.64. The molecule has 0 fully saturated rings. The Hall–Kier alpha value is -1.63. The van der Waals surface area contributed by atoms with E-state index in [9.17, 15) is 23.0 Å². The van der Waals surface area contributed by atoms with E-state index < -0.39 is 22.2 Å². The molecule has 124 valence electrons. The van der Waals surface area contributed by atoms with Gasteiger partial charge in [0.25, 0.3) is 0 Å². The summed E-state index contributed by atoms with van der Waals surface area (Å²) >= 11 is 1.01. The Labute approximate surface area is 137 Å². The second-order valence-corrected chi connectivity index (χ2v) is 8.48. The van der Waals surface area contributed by atoms with E-state index in [-0.39, 0.29) is 16.3 Å². The fraction of sp³-hybridized carbons (Fsp3) is 0.357. The number of nitriles is 1. The molecule has 0 saturated heterocycles. The average Bonchev–Trinajstić information content (AvgIpc) is 3.06. The first kappa shape index (κ1) is 17.7. The fourth-order valence-corrected chi connectivity index (χ4v) is 5.73. The summed E-state index contributed by atoms with van der Waals surface area (Å²) in [4.78, 5) is 3.61. The van der Waals surface area contributed by atoms with E-state index in [1.807, 2.05) is 13.0 Å².